The van der Waals surface area contributed by atoms with Gasteiger partial charge in [-0.15, -0.1) is 0 Å². The zero-order chi connectivity index (χ0) is 20.5. The second kappa shape index (κ2) is 7.93. The lowest BCUT2D eigenvalue weighted by Gasteiger charge is -2.27. The van der Waals surface area contributed by atoms with Crippen molar-refractivity contribution >= 4 is 17.5 Å². The van der Waals surface area contributed by atoms with Crippen molar-refractivity contribution in [3.05, 3.63) is 35.9 Å². The number of carbonyl (C=O) groups excluding carboxylic acids is 2. The molecule has 0 saturated carbocycles. The van der Waals surface area contributed by atoms with E-state index in [4.69, 9.17) is 4.74 Å². The average molecular weight is 388 g/mol. The third kappa shape index (κ3) is 3.29. The number of aliphatic hydroxyl groups is 2. The van der Waals surface area contributed by atoms with E-state index in [1.54, 1.807) is 49.2 Å². The Labute approximate surface area is 165 Å². The molecule has 0 bridgehead atoms. The summed E-state index contributed by atoms with van der Waals surface area (Å²) in [5.74, 6) is -0.422. The molecule has 2 aliphatic rings. The van der Waals surface area contributed by atoms with Crippen molar-refractivity contribution in [1.82, 2.24) is 4.90 Å². The molecule has 7 nitrogen and oxygen atoms in total. The summed E-state index contributed by atoms with van der Waals surface area (Å²) in [6.07, 6.45) is 5.30. The second-order valence-corrected chi connectivity index (χ2v) is 7.50. The summed E-state index contributed by atoms with van der Waals surface area (Å²) in [7, 11) is 3.17. The third-order valence-electron chi connectivity index (χ3n) is 5.89. The van der Waals surface area contributed by atoms with Gasteiger partial charge in [0.2, 0.25) is 5.91 Å². The van der Waals surface area contributed by atoms with Gasteiger partial charge in [-0.25, -0.2) is 0 Å². The summed E-state index contributed by atoms with van der Waals surface area (Å²) < 4.78 is 5.24. The minimum absolute atomic E-state index is 0.0228. The SMILES string of the molecule is COc1ccc2c(c1)[C@](O)([C@@H](C)/C=C/CC(=O)N1CCC[C@H]1CO)C(=O)N2C. The Morgan fingerprint density at radius 2 is 2.21 bits per heavy atom. The normalized spacial score (nSPS) is 25.5. The van der Waals surface area contributed by atoms with Gasteiger partial charge in [-0.3, -0.25) is 9.59 Å². The molecule has 1 aromatic rings. The van der Waals surface area contributed by atoms with Gasteiger partial charge in [0.05, 0.1) is 25.4 Å². The molecule has 7 heteroatoms. The number of benzene rings is 1. The first-order chi connectivity index (χ1) is 13.3. The number of likely N-dealkylation sites (tertiary alicyclic amines) is 1. The lowest BCUT2D eigenvalue weighted by atomic mass is 9.83. The van der Waals surface area contributed by atoms with Gasteiger partial charge in [0.15, 0.2) is 5.60 Å². The Bertz CT molecular complexity index is 793. The molecule has 2 aliphatic heterocycles. The molecule has 0 aliphatic carbocycles. The predicted molar refractivity (Wildman–Crippen MR) is 105 cm³/mol. The molecule has 3 atom stereocenters. The van der Waals surface area contributed by atoms with Gasteiger partial charge in [0, 0.05) is 31.5 Å². The minimum Gasteiger partial charge on any atom is -0.497 e. The van der Waals surface area contributed by atoms with E-state index in [9.17, 15) is 19.8 Å². The van der Waals surface area contributed by atoms with E-state index in [0.717, 1.165) is 12.8 Å². The Morgan fingerprint density at radius 1 is 1.46 bits per heavy atom. The molecule has 3 rings (SSSR count). The van der Waals surface area contributed by atoms with Crippen LogP contribution in [0.5, 0.6) is 5.75 Å². The summed E-state index contributed by atoms with van der Waals surface area (Å²) in [4.78, 5) is 28.4. The third-order valence-corrected chi connectivity index (χ3v) is 5.89. The van der Waals surface area contributed by atoms with Crippen molar-refractivity contribution in [1.29, 1.82) is 0 Å². The Balaban J connectivity index is 1.76. The maximum absolute atomic E-state index is 12.8. The van der Waals surface area contributed by atoms with Crippen LogP contribution in [0.4, 0.5) is 5.69 Å². The number of methoxy groups -OCH3 is 1. The van der Waals surface area contributed by atoms with Crippen molar-refractivity contribution in [3.8, 4) is 5.75 Å². The second-order valence-electron chi connectivity index (χ2n) is 7.50. The first kappa shape index (κ1) is 20.4. The van der Waals surface area contributed by atoms with Crippen LogP contribution in [0.1, 0.15) is 31.7 Å². The number of rotatable bonds is 6. The van der Waals surface area contributed by atoms with Crippen LogP contribution in [0, 0.1) is 5.92 Å². The molecule has 2 amide bonds. The molecule has 1 saturated heterocycles. The van der Waals surface area contributed by atoms with E-state index in [0.29, 0.717) is 23.5 Å². The summed E-state index contributed by atoms with van der Waals surface area (Å²) in [6.45, 7) is 2.40. The summed E-state index contributed by atoms with van der Waals surface area (Å²) in [5.41, 5.74) is -0.561. The van der Waals surface area contributed by atoms with E-state index in [1.165, 1.54) is 12.0 Å². The molecular formula is C21H28N2O5. The Morgan fingerprint density at radius 3 is 2.89 bits per heavy atom. The van der Waals surface area contributed by atoms with Gasteiger partial charge in [-0.1, -0.05) is 19.1 Å². The monoisotopic (exact) mass is 388 g/mol. The van der Waals surface area contributed by atoms with Gasteiger partial charge in [0.25, 0.3) is 5.91 Å². The standard InChI is InChI=1S/C21H28N2O5/c1-14(6-4-8-19(25)23-11-5-7-15(23)13-24)21(27)17-12-16(28-3)9-10-18(17)22(2)20(21)26/h4,6,9-10,12,14-15,24,27H,5,7-8,11,13H2,1-3H3/b6-4+/t14-,15-,21+/m0/s1. The zero-order valence-corrected chi connectivity index (χ0v) is 16.6. The van der Waals surface area contributed by atoms with E-state index < -0.39 is 17.4 Å². The number of hydrogen-bond donors (Lipinski definition) is 2. The lowest BCUT2D eigenvalue weighted by Crippen LogP contribution is -2.43. The molecule has 0 aromatic heterocycles. The summed E-state index contributed by atoms with van der Waals surface area (Å²) in [5, 5.41) is 20.7. The average Bonchev–Trinajstić information content (AvgIpc) is 3.26. The van der Waals surface area contributed by atoms with Crippen molar-refractivity contribution in [2.24, 2.45) is 5.92 Å². The quantitative estimate of drug-likeness (QED) is 0.720. The molecule has 2 N–H and O–H groups in total. The van der Waals surface area contributed by atoms with E-state index in [-0.39, 0.29) is 25.0 Å². The highest BCUT2D eigenvalue weighted by Crippen LogP contribution is 2.45. The molecule has 0 spiro atoms. The number of ether oxygens (including phenoxy) is 1. The van der Waals surface area contributed by atoms with Crippen LogP contribution in [0.2, 0.25) is 0 Å². The fourth-order valence-corrected chi connectivity index (χ4v) is 4.14. The van der Waals surface area contributed by atoms with Gasteiger partial charge in [0.1, 0.15) is 5.75 Å². The van der Waals surface area contributed by atoms with Crippen molar-refractivity contribution in [2.45, 2.75) is 37.8 Å². The molecule has 1 fully saturated rings. The van der Waals surface area contributed by atoms with Gasteiger partial charge in [-0.2, -0.15) is 0 Å². The largest absolute Gasteiger partial charge is 0.497 e. The highest BCUT2D eigenvalue weighted by Gasteiger charge is 2.51. The van der Waals surface area contributed by atoms with Crippen molar-refractivity contribution in [3.63, 3.8) is 0 Å². The number of anilines is 1. The number of amides is 2. The summed E-state index contributed by atoms with van der Waals surface area (Å²) in [6, 6.07) is 5.09. The van der Waals surface area contributed by atoms with Crippen LogP contribution >= 0.6 is 0 Å². The number of aliphatic hydroxyl groups excluding tert-OH is 1. The van der Waals surface area contributed by atoms with Crippen LogP contribution < -0.4 is 9.64 Å². The van der Waals surface area contributed by atoms with Crippen LogP contribution in [0.25, 0.3) is 0 Å². The van der Waals surface area contributed by atoms with Crippen LogP contribution in [-0.4, -0.2) is 60.3 Å². The van der Waals surface area contributed by atoms with Gasteiger partial charge in [-0.05, 0) is 31.0 Å². The zero-order valence-electron chi connectivity index (χ0n) is 16.6. The molecule has 2 heterocycles. The number of likely N-dealkylation sites (N-methyl/N-ethyl adjacent to an activating group) is 1. The number of fused-ring (bicyclic) bond motifs is 1. The fourth-order valence-electron chi connectivity index (χ4n) is 4.14. The molecule has 0 unspecified atom stereocenters. The number of carbonyl (C=O) groups is 2. The lowest BCUT2D eigenvalue weighted by molar-refractivity contribution is -0.139. The summed E-state index contributed by atoms with van der Waals surface area (Å²) >= 11 is 0. The van der Waals surface area contributed by atoms with Crippen molar-refractivity contribution in [2.75, 3.05) is 32.2 Å². The van der Waals surface area contributed by atoms with E-state index in [2.05, 4.69) is 0 Å². The van der Waals surface area contributed by atoms with E-state index >= 15 is 0 Å². The molecular weight excluding hydrogens is 360 g/mol. The van der Waals surface area contributed by atoms with Gasteiger partial charge >= 0.3 is 0 Å². The number of nitrogens with zero attached hydrogens (tertiary/aromatic N) is 2. The number of hydrogen-bond acceptors (Lipinski definition) is 5. The van der Waals surface area contributed by atoms with Crippen molar-refractivity contribution < 1.29 is 24.5 Å². The smallest absolute Gasteiger partial charge is 0.264 e. The van der Waals surface area contributed by atoms with Crippen LogP contribution in [0.15, 0.2) is 30.4 Å². The maximum atomic E-state index is 12.8. The first-order valence-electron chi connectivity index (χ1n) is 9.60. The van der Waals surface area contributed by atoms with Crippen LogP contribution in [-0.2, 0) is 15.2 Å². The Hall–Kier alpha value is -2.38. The highest BCUT2D eigenvalue weighted by molar-refractivity contribution is 6.07. The van der Waals surface area contributed by atoms with Gasteiger partial charge < -0.3 is 24.7 Å². The first-order valence-corrected chi connectivity index (χ1v) is 9.60. The molecule has 152 valence electrons. The maximum Gasteiger partial charge on any atom is 0.264 e. The van der Waals surface area contributed by atoms with E-state index in [1.807, 2.05) is 0 Å². The Kier molecular flexibility index (Phi) is 5.76. The predicted octanol–water partition coefficient (Wildman–Crippen LogP) is 1.42. The van der Waals surface area contributed by atoms with Crippen LogP contribution in [0.3, 0.4) is 0 Å². The fraction of sp³-hybridized carbons (Fsp3) is 0.524. The topological polar surface area (TPSA) is 90.3 Å². The highest BCUT2D eigenvalue weighted by atomic mass is 16.5. The molecule has 1 aromatic carbocycles. The minimum atomic E-state index is -1.71. The molecule has 0 radical (unpaired) electrons. The molecule has 28 heavy (non-hydrogen) atoms.